The van der Waals surface area contributed by atoms with Gasteiger partial charge < -0.3 is 5.32 Å². The fourth-order valence-corrected chi connectivity index (χ4v) is 2.05. The summed E-state index contributed by atoms with van der Waals surface area (Å²) in [5.74, 6) is 1.12. The molecule has 1 aromatic carbocycles. The standard InChI is InChI=1S/C15H21NO/c1-11-3-7-14(8-4-11)15(12(2)17)10-16-9-13-5-6-13/h3-4,7-8,13,15-16H,5-6,9-10H2,1-2H3/t15-/m1/s1. The first-order valence-corrected chi connectivity index (χ1v) is 6.44. The van der Waals surface area contributed by atoms with Gasteiger partial charge in [0.15, 0.2) is 0 Å². The second kappa shape index (κ2) is 5.46. The Morgan fingerprint density at radius 1 is 1.35 bits per heavy atom. The maximum atomic E-state index is 11.7. The molecule has 0 unspecified atom stereocenters. The summed E-state index contributed by atoms with van der Waals surface area (Å²) < 4.78 is 0. The van der Waals surface area contributed by atoms with Crippen molar-refractivity contribution in [1.29, 1.82) is 0 Å². The van der Waals surface area contributed by atoms with E-state index in [4.69, 9.17) is 0 Å². The van der Waals surface area contributed by atoms with Crippen molar-refractivity contribution in [2.45, 2.75) is 32.6 Å². The van der Waals surface area contributed by atoms with Crippen molar-refractivity contribution in [3.8, 4) is 0 Å². The molecule has 0 spiro atoms. The minimum absolute atomic E-state index is 0.00866. The molecule has 1 N–H and O–H groups in total. The first-order valence-electron chi connectivity index (χ1n) is 6.44. The summed E-state index contributed by atoms with van der Waals surface area (Å²) in [5, 5.41) is 3.42. The lowest BCUT2D eigenvalue weighted by atomic mass is 9.94. The molecule has 2 rings (SSSR count). The highest BCUT2D eigenvalue weighted by atomic mass is 16.1. The van der Waals surface area contributed by atoms with Gasteiger partial charge in [-0.25, -0.2) is 0 Å². The van der Waals surface area contributed by atoms with Gasteiger partial charge in [-0.3, -0.25) is 4.79 Å². The molecule has 1 atom stereocenters. The van der Waals surface area contributed by atoms with Crippen molar-refractivity contribution in [3.05, 3.63) is 35.4 Å². The van der Waals surface area contributed by atoms with Crippen molar-refractivity contribution in [2.24, 2.45) is 5.92 Å². The van der Waals surface area contributed by atoms with Gasteiger partial charge in [-0.15, -0.1) is 0 Å². The molecule has 0 heterocycles. The van der Waals surface area contributed by atoms with E-state index in [0.29, 0.717) is 0 Å². The third kappa shape index (κ3) is 3.67. The highest BCUT2D eigenvalue weighted by molar-refractivity contribution is 5.83. The average Bonchev–Trinajstić information content (AvgIpc) is 3.09. The zero-order valence-corrected chi connectivity index (χ0v) is 10.7. The number of aryl methyl sites for hydroxylation is 1. The van der Waals surface area contributed by atoms with E-state index in [2.05, 4.69) is 36.5 Å². The third-order valence-electron chi connectivity index (χ3n) is 3.45. The number of nitrogens with one attached hydrogen (secondary N) is 1. The fraction of sp³-hybridized carbons (Fsp3) is 0.533. The summed E-state index contributed by atoms with van der Waals surface area (Å²) in [6, 6.07) is 8.29. The number of benzene rings is 1. The summed E-state index contributed by atoms with van der Waals surface area (Å²) in [5.41, 5.74) is 2.37. The molecule has 1 aromatic rings. The van der Waals surface area contributed by atoms with E-state index < -0.39 is 0 Å². The molecule has 0 aliphatic heterocycles. The van der Waals surface area contributed by atoms with Crippen LogP contribution in [0.5, 0.6) is 0 Å². The maximum absolute atomic E-state index is 11.7. The van der Waals surface area contributed by atoms with Gasteiger partial charge in [0.05, 0.1) is 5.92 Å². The summed E-state index contributed by atoms with van der Waals surface area (Å²) in [4.78, 5) is 11.7. The SMILES string of the molecule is CC(=O)[C@@H](CNCC1CC1)c1ccc(C)cc1. The number of hydrogen-bond acceptors (Lipinski definition) is 2. The van der Waals surface area contributed by atoms with Crippen LogP contribution < -0.4 is 5.32 Å². The number of carbonyl (C=O) groups is 1. The zero-order chi connectivity index (χ0) is 12.3. The Bertz CT molecular complexity index is 378. The van der Waals surface area contributed by atoms with Crippen molar-refractivity contribution in [1.82, 2.24) is 5.32 Å². The number of hydrogen-bond donors (Lipinski definition) is 1. The molecule has 0 bridgehead atoms. The molecule has 1 saturated carbocycles. The lowest BCUT2D eigenvalue weighted by Crippen LogP contribution is -2.27. The Labute approximate surface area is 103 Å². The number of ketones is 1. The summed E-state index contributed by atoms with van der Waals surface area (Å²) in [7, 11) is 0. The summed E-state index contributed by atoms with van der Waals surface area (Å²) >= 11 is 0. The van der Waals surface area contributed by atoms with Gasteiger partial charge in [-0.2, -0.15) is 0 Å². The van der Waals surface area contributed by atoms with Crippen molar-refractivity contribution in [3.63, 3.8) is 0 Å². The van der Waals surface area contributed by atoms with Gasteiger partial charge in [0, 0.05) is 6.54 Å². The van der Waals surface area contributed by atoms with Gasteiger partial charge in [0.1, 0.15) is 5.78 Å². The van der Waals surface area contributed by atoms with Gasteiger partial charge >= 0.3 is 0 Å². The van der Waals surface area contributed by atoms with Crippen LogP contribution in [-0.4, -0.2) is 18.9 Å². The molecule has 2 nitrogen and oxygen atoms in total. The maximum Gasteiger partial charge on any atom is 0.138 e. The van der Waals surface area contributed by atoms with Crippen molar-refractivity contribution >= 4 is 5.78 Å². The Morgan fingerprint density at radius 3 is 2.53 bits per heavy atom. The molecule has 0 saturated heterocycles. The average molecular weight is 231 g/mol. The molecule has 2 heteroatoms. The highest BCUT2D eigenvalue weighted by Crippen LogP contribution is 2.27. The van der Waals surface area contributed by atoms with Gasteiger partial charge in [0.25, 0.3) is 0 Å². The molecule has 0 aromatic heterocycles. The predicted octanol–water partition coefficient (Wildman–Crippen LogP) is 2.67. The van der Waals surface area contributed by atoms with E-state index >= 15 is 0 Å². The summed E-state index contributed by atoms with van der Waals surface area (Å²) in [6.45, 7) is 5.59. The third-order valence-corrected chi connectivity index (χ3v) is 3.45. The zero-order valence-electron chi connectivity index (χ0n) is 10.7. The van der Waals surface area contributed by atoms with Gasteiger partial charge in [-0.1, -0.05) is 29.8 Å². The normalized spacial score (nSPS) is 16.8. The van der Waals surface area contributed by atoms with Gasteiger partial charge in [0.2, 0.25) is 0 Å². The molecule has 1 fully saturated rings. The quantitative estimate of drug-likeness (QED) is 0.815. The van der Waals surface area contributed by atoms with Crippen LogP contribution in [0.1, 0.15) is 36.8 Å². The largest absolute Gasteiger partial charge is 0.315 e. The molecule has 1 aliphatic rings. The van der Waals surface area contributed by atoms with E-state index in [-0.39, 0.29) is 11.7 Å². The Hall–Kier alpha value is -1.15. The van der Waals surface area contributed by atoms with Crippen LogP contribution in [0.15, 0.2) is 24.3 Å². The Kier molecular flexibility index (Phi) is 3.95. The first-order chi connectivity index (χ1) is 8.16. The summed E-state index contributed by atoms with van der Waals surface area (Å²) in [6.07, 6.45) is 2.70. The molecule has 0 radical (unpaired) electrons. The second-order valence-electron chi connectivity index (χ2n) is 5.18. The first kappa shape index (κ1) is 12.3. The predicted molar refractivity (Wildman–Crippen MR) is 70.2 cm³/mol. The van der Waals surface area contributed by atoms with Gasteiger partial charge in [-0.05, 0) is 44.7 Å². The van der Waals surface area contributed by atoms with Crippen molar-refractivity contribution < 1.29 is 4.79 Å². The van der Waals surface area contributed by atoms with Crippen LogP contribution in [-0.2, 0) is 4.79 Å². The molecule has 1 aliphatic carbocycles. The monoisotopic (exact) mass is 231 g/mol. The Balaban J connectivity index is 1.95. The Morgan fingerprint density at radius 2 is 2.00 bits per heavy atom. The van der Waals surface area contributed by atoms with Crippen LogP contribution >= 0.6 is 0 Å². The number of rotatable bonds is 6. The second-order valence-corrected chi connectivity index (χ2v) is 5.18. The molecular weight excluding hydrogens is 210 g/mol. The van der Waals surface area contributed by atoms with Crippen LogP contribution in [0, 0.1) is 12.8 Å². The topological polar surface area (TPSA) is 29.1 Å². The highest BCUT2D eigenvalue weighted by Gasteiger charge is 2.22. The fourth-order valence-electron chi connectivity index (χ4n) is 2.05. The van der Waals surface area contributed by atoms with E-state index in [9.17, 15) is 4.79 Å². The van der Waals surface area contributed by atoms with Crippen LogP contribution in [0.4, 0.5) is 0 Å². The smallest absolute Gasteiger partial charge is 0.138 e. The van der Waals surface area contributed by atoms with E-state index in [1.54, 1.807) is 6.92 Å². The number of Topliss-reactive ketones (excluding diaryl/α,β-unsaturated/α-hetero) is 1. The van der Waals surface area contributed by atoms with Crippen molar-refractivity contribution in [2.75, 3.05) is 13.1 Å². The molecule has 92 valence electrons. The number of carbonyl (C=O) groups excluding carboxylic acids is 1. The van der Waals surface area contributed by atoms with Crippen LogP contribution in [0.3, 0.4) is 0 Å². The minimum atomic E-state index is 0.00866. The van der Waals surface area contributed by atoms with E-state index in [1.165, 1.54) is 18.4 Å². The van der Waals surface area contributed by atoms with E-state index in [0.717, 1.165) is 24.6 Å². The molecule has 0 amide bonds. The lowest BCUT2D eigenvalue weighted by Gasteiger charge is -2.15. The van der Waals surface area contributed by atoms with Crippen LogP contribution in [0.25, 0.3) is 0 Å². The minimum Gasteiger partial charge on any atom is -0.315 e. The molecule has 17 heavy (non-hydrogen) atoms. The van der Waals surface area contributed by atoms with Crippen LogP contribution in [0.2, 0.25) is 0 Å². The lowest BCUT2D eigenvalue weighted by molar-refractivity contribution is -0.118. The van der Waals surface area contributed by atoms with E-state index in [1.807, 2.05) is 0 Å². The molecular formula is C15H21NO.